The van der Waals surface area contributed by atoms with Crippen molar-refractivity contribution < 1.29 is 0 Å². The van der Waals surface area contributed by atoms with Crippen LogP contribution in [0, 0.1) is 5.92 Å². The lowest BCUT2D eigenvalue weighted by atomic mass is 10.0. The van der Waals surface area contributed by atoms with Crippen LogP contribution in [0.2, 0.25) is 0 Å². The first-order chi connectivity index (χ1) is 11.6. The molecule has 2 aliphatic rings. The summed E-state index contributed by atoms with van der Waals surface area (Å²) in [6.07, 6.45) is 8.05. The van der Waals surface area contributed by atoms with Gasteiger partial charge in [0, 0.05) is 35.3 Å². The number of para-hydroxylation sites is 1. The van der Waals surface area contributed by atoms with E-state index in [2.05, 4.69) is 91.5 Å². The fourth-order valence-electron chi connectivity index (χ4n) is 3.18. The standard InChI is InChI=1S/C21H22N2S/c1-15-8-10-16(11-9-15)23-18-6-4-5-7-20(18)24-21-13-12-17(22(2)3)14-19(21)23/h4-8,10-15H,9H2,1-3H3. The molecule has 0 fully saturated rings. The van der Waals surface area contributed by atoms with E-state index in [-0.39, 0.29) is 0 Å². The van der Waals surface area contributed by atoms with E-state index in [1.54, 1.807) is 0 Å². The van der Waals surface area contributed by atoms with Crippen LogP contribution in [0.1, 0.15) is 13.3 Å². The summed E-state index contributed by atoms with van der Waals surface area (Å²) in [4.78, 5) is 7.20. The van der Waals surface area contributed by atoms with Crippen molar-refractivity contribution in [1.29, 1.82) is 0 Å². The van der Waals surface area contributed by atoms with Gasteiger partial charge in [-0.25, -0.2) is 0 Å². The van der Waals surface area contributed by atoms with E-state index in [1.807, 2.05) is 11.8 Å². The van der Waals surface area contributed by atoms with Gasteiger partial charge in [0.2, 0.25) is 0 Å². The fraction of sp³-hybridized carbons (Fsp3) is 0.238. The van der Waals surface area contributed by atoms with Crippen molar-refractivity contribution in [3.05, 3.63) is 66.4 Å². The molecule has 0 aromatic heterocycles. The maximum Gasteiger partial charge on any atom is 0.0622 e. The van der Waals surface area contributed by atoms with Crippen molar-refractivity contribution in [2.75, 3.05) is 23.9 Å². The summed E-state index contributed by atoms with van der Waals surface area (Å²) in [6.45, 7) is 2.27. The minimum absolute atomic E-state index is 0.621. The Balaban J connectivity index is 1.88. The summed E-state index contributed by atoms with van der Waals surface area (Å²) in [6, 6.07) is 15.4. The van der Waals surface area contributed by atoms with Crippen LogP contribution in [-0.4, -0.2) is 14.1 Å². The van der Waals surface area contributed by atoms with Crippen molar-refractivity contribution >= 4 is 28.8 Å². The minimum atomic E-state index is 0.621. The molecule has 0 saturated carbocycles. The third-order valence-electron chi connectivity index (χ3n) is 4.58. The van der Waals surface area contributed by atoms with E-state index in [0.717, 1.165) is 6.42 Å². The Bertz CT molecular complexity index is 835. The highest BCUT2D eigenvalue weighted by atomic mass is 32.2. The van der Waals surface area contributed by atoms with E-state index in [0.29, 0.717) is 5.92 Å². The van der Waals surface area contributed by atoms with Gasteiger partial charge in [0.15, 0.2) is 0 Å². The maximum atomic E-state index is 2.41. The zero-order valence-corrected chi connectivity index (χ0v) is 15.2. The van der Waals surface area contributed by atoms with Gasteiger partial charge in [-0.1, -0.05) is 43.0 Å². The number of hydrogen-bond donors (Lipinski definition) is 0. The van der Waals surface area contributed by atoms with Crippen molar-refractivity contribution in [2.45, 2.75) is 23.1 Å². The predicted octanol–water partition coefficient (Wildman–Crippen LogP) is 5.84. The molecular formula is C21H22N2S. The number of hydrogen-bond acceptors (Lipinski definition) is 3. The van der Waals surface area contributed by atoms with Crippen LogP contribution in [0.5, 0.6) is 0 Å². The number of anilines is 3. The van der Waals surface area contributed by atoms with E-state index in [9.17, 15) is 0 Å². The molecule has 3 heteroatoms. The number of rotatable bonds is 2. The summed E-state index contributed by atoms with van der Waals surface area (Å²) >= 11 is 1.86. The summed E-state index contributed by atoms with van der Waals surface area (Å²) < 4.78 is 0. The molecule has 2 aromatic carbocycles. The van der Waals surface area contributed by atoms with Crippen LogP contribution in [0.4, 0.5) is 17.1 Å². The quantitative estimate of drug-likeness (QED) is 0.681. The smallest absolute Gasteiger partial charge is 0.0622 e. The van der Waals surface area contributed by atoms with E-state index in [1.165, 1.54) is 32.6 Å². The first-order valence-corrected chi connectivity index (χ1v) is 9.22. The third-order valence-corrected chi connectivity index (χ3v) is 5.71. The van der Waals surface area contributed by atoms with E-state index in [4.69, 9.17) is 0 Å². The molecule has 24 heavy (non-hydrogen) atoms. The minimum Gasteiger partial charge on any atom is -0.378 e. The largest absolute Gasteiger partial charge is 0.378 e. The highest BCUT2D eigenvalue weighted by Gasteiger charge is 2.26. The van der Waals surface area contributed by atoms with E-state index < -0.39 is 0 Å². The Labute approximate surface area is 148 Å². The molecule has 0 amide bonds. The topological polar surface area (TPSA) is 6.48 Å². The predicted molar refractivity (Wildman–Crippen MR) is 104 cm³/mol. The lowest BCUT2D eigenvalue weighted by Crippen LogP contribution is -2.21. The molecule has 0 bridgehead atoms. The van der Waals surface area contributed by atoms with Gasteiger partial charge in [-0.05, 0) is 48.7 Å². The Morgan fingerprint density at radius 1 is 1.04 bits per heavy atom. The second-order valence-corrected chi connectivity index (χ2v) is 7.74. The number of allylic oxidation sites excluding steroid dienone is 3. The monoisotopic (exact) mass is 334 g/mol. The molecule has 0 saturated heterocycles. The average molecular weight is 334 g/mol. The second kappa shape index (κ2) is 6.06. The maximum absolute atomic E-state index is 2.41. The first-order valence-electron chi connectivity index (χ1n) is 8.40. The van der Waals surface area contributed by atoms with Gasteiger partial charge in [0.1, 0.15) is 0 Å². The van der Waals surface area contributed by atoms with Gasteiger partial charge >= 0.3 is 0 Å². The van der Waals surface area contributed by atoms with Gasteiger partial charge < -0.3 is 9.80 Å². The molecule has 0 spiro atoms. The molecule has 1 unspecified atom stereocenters. The Morgan fingerprint density at radius 3 is 2.58 bits per heavy atom. The Morgan fingerprint density at radius 2 is 1.83 bits per heavy atom. The highest BCUT2D eigenvalue weighted by Crippen LogP contribution is 2.51. The summed E-state index contributed by atoms with van der Waals surface area (Å²) in [5.41, 5.74) is 5.05. The fourth-order valence-corrected chi connectivity index (χ4v) is 4.22. The highest BCUT2D eigenvalue weighted by molar-refractivity contribution is 7.99. The zero-order valence-electron chi connectivity index (χ0n) is 14.4. The normalized spacial score (nSPS) is 18.7. The Hall–Kier alpha value is -2.13. The van der Waals surface area contributed by atoms with E-state index >= 15 is 0 Å². The lowest BCUT2D eigenvalue weighted by Gasteiger charge is -2.35. The number of nitrogens with zero attached hydrogens (tertiary/aromatic N) is 2. The third kappa shape index (κ3) is 2.63. The van der Waals surface area contributed by atoms with Crippen LogP contribution in [0.15, 0.2) is 76.2 Å². The molecule has 1 aliphatic carbocycles. The van der Waals surface area contributed by atoms with Crippen molar-refractivity contribution in [3.8, 4) is 0 Å². The molecular weight excluding hydrogens is 312 g/mol. The number of fused-ring (bicyclic) bond motifs is 2. The molecule has 2 aromatic rings. The molecule has 1 heterocycles. The van der Waals surface area contributed by atoms with Gasteiger partial charge in [0.05, 0.1) is 11.4 Å². The molecule has 1 aliphatic heterocycles. The molecule has 122 valence electrons. The molecule has 2 nitrogen and oxygen atoms in total. The van der Waals surface area contributed by atoms with Crippen LogP contribution in [-0.2, 0) is 0 Å². The zero-order chi connectivity index (χ0) is 16.7. The summed E-state index contributed by atoms with van der Waals surface area (Å²) in [5, 5.41) is 0. The number of benzene rings is 2. The molecule has 0 radical (unpaired) electrons. The van der Waals surface area contributed by atoms with Crippen molar-refractivity contribution in [3.63, 3.8) is 0 Å². The van der Waals surface area contributed by atoms with Crippen LogP contribution in [0.3, 0.4) is 0 Å². The average Bonchev–Trinajstić information content (AvgIpc) is 2.60. The first kappa shape index (κ1) is 15.4. The van der Waals surface area contributed by atoms with Gasteiger partial charge in [-0.2, -0.15) is 0 Å². The second-order valence-electron chi connectivity index (χ2n) is 6.65. The van der Waals surface area contributed by atoms with Crippen LogP contribution < -0.4 is 9.80 Å². The summed E-state index contributed by atoms with van der Waals surface area (Å²) in [7, 11) is 4.19. The van der Waals surface area contributed by atoms with Gasteiger partial charge in [0.25, 0.3) is 0 Å². The van der Waals surface area contributed by atoms with Gasteiger partial charge in [-0.15, -0.1) is 0 Å². The van der Waals surface area contributed by atoms with Gasteiger partial charge in [-0.3, -0.25) is 0 Å². The van der Waals surface area contributed by atoms with Crippen LogP contribution in [0.25, 0.3) is 0 Å². The summed E-state index contributed by atoms with van der Waals surface area (Å²) in [5.74, 6) is 0.621. The van der Waals surface area contributed by atoms with Crippen LogP contribution >= 0.6 is 11.8 Å². The molecule has 1 atom stereocenters. The lowest BCUT2D eigenvalue weighted by molar-refractivity contribution is 0.728. The van der Waals surface area contributed by atoms with Crippen molar-refractivity contribution in [1.82, 2.24) is 0 Å². The molecule has 0 N–H and O–H groups in total. The molecule has 4 rings (SSSR count). The van der Waals surface area contributed by atoms with Crippen molar-refractivity contribution in [2.24, 2.45) is 5.92 Å². The Kier molecular flexibility index (Phi) is 3.89. The SMILES string of the molecule is CC1C=CC(N2c3ccccc3Sc3ccc(N(C)C)cc32)=CC1.